The van der Waals surface area contributed by atoms with Crippen LogP contribution in [-0.4, -0.2) is 55.6 Å². The minimum Gasteiger partial charge on any atom is -0.478 e. The number of aryl methyl sites for hydroxylation is 1. The van der Waals surface area contributed by atoms with Crippen LogP contribution in [0.2, 0.25) is 0 Å². The first-order valence-electron chi connectivity index (χ1n) is 15.3. The molecule has 1 amide bonds. The number of rotatable bonds is 7. The molecule has 3 aromatic carbocycles. The molecule has 0 bridgehead atoms. The van der Waals surface area contributed by atoms with Crippen LogP contribution in [0.1, 0.15) is 77.2 Å². The van der Waals surface area contributed by atoms with Gasteiger partial charge >= 0.3 is 11.9 Å². The molecule has 2 aliphatic rings. The molecule has 1 aliphatic heterocycles. The Morgan fingerprint density at radius 1 is 0.889 bits per heavy atom. The smallest absolute Gasteiger partial charge is 0.335 e. The van der Waals surface area contributed by atoms with Crippen molar-refractivity contribution in [3.8, 4) is 11.4 Å². The lowest BCUT2D eigenvalue weighted by Gasteiger charge is -2.50. The van der Waals surface area contributed by atoms with Gasteiger partial charge in [-0.3, -0.25) is 4.79 Å². The molecule has 230 valence electrons. The number of benzene rings is 3. The van der Waals surface area contributed by atoms with Crippen molar-refractivity contribution in [2.45, 2.75) is 47.1 Å². The van der Waals surface area contributed by atoms with E-state index in [1.54, 1.807) is 30.3 Å². The molecular weight excluding hydrogens is 566 g/mol. The van der Waals surface area contributed by atoms with E-state index < -0.39 is 11.9 Å². The number of carbonyl (C=O) groups is 3. The third kappa shape index (κ3) is 5.14. The minimum absolute atomic E-state index is 0.0692. The Morgan fingerprint density at radius 2 is 1.58 bits per heavy atom. The number of hydrogen-bond acceptors (Lipinski definition) is 4. The second kappa shape index (κ2) is 11.2. The van der Waals surface area contributed by atoms with E-state index in [2.05, 4.69) is 44.4 Å². The lowest BCUT2D eigenvalue weighted by molar-refractivity contribution is 0.0678. The molecule has 1 atom stereocenters. The summed E-state index contributed by atoms with van der Waals surface area (Å²) in [4.78, 5) is 44.1. The molecule has 0 saturated heterocycles. The molecule has 1 aromatic heterocycles. The Bertz CT molecular complexity index is 1910. The number of aromatic carboxylic acids is 2. The van der Waals surface area contributed by atoms with E-state index in [4.69, 9.17) is 4.98 Å². The molecule has 4 aromatic rings. The average Bonchev–Trinajstić information content (AvgIpc) is 3.38. The van der Waals surface area contributed by atoms with E-state index in [0.717, 1.165) is 35.1 Å². The summed E-state index contributed by atoms with van der Waals surface area (Å²) in [6.45, 7) is 10.4. The van der Waals surface area contributed by atoms with Crippen LogP contribution in [0.25, 0.3) is 28.0 Å². The molecule has 0 unspecified atom stereocenters. The fraction of sp³-hybridized carbons (Fsp3) is 0.297. The van der Waals surface area contributed by atoms with Crippen LogP contribution in [0.3, 0.4) is 0 Å². The van der Waals surface area contributed by atoms with Crippen LogP contribution < -0.4 is 0 Å². The van der Waals surface area contributed by atoms with Crippen molar-refractivity contribution in [2.24, 2.45) is 10.8 Å². The lowest BCUT2D eigenvalue weighted by atomic mass is 9.58. The Morgan fingerprint density at radius 3 is 2.27 bits per heavy atom. The van der Waals surface area contributed by atoms with Crippen molar-refractivity contribution in [1.29, 1.82) is 0 Å². The van der Waals surface area contributed by atoms with Crippen LogP contribution in [0.15, 0.2) is 84.5 Å². The number of carboxylic acid groups (broad SMARTS) is 2. The number of allylic oxidation sites excluding steroid dienone is 2. The van der Waals surface area contributed by atoms with Crippen LogP contribution in [0.4, 0.5) is 0 Å². The summed E-state index contributed by atoms with van der Waals surface area (Å²) in [5.41, 5.74) is 6.03. The summed E-state index contributed by atoms with van der Waals surface area (Å²) in [5, 5.41) is 18.9. The summed E-state index contributed by atoms with van der Waals surface area (Å²) in [7, 11) is 0. The van der Waals surface area contributed by atoms with E-state index in [1.807, 2.05) is 41.3 Å². The van der Waals surface area contributed by atoms with E-state index in [9.17, 15) is 24.6 Å². The van der Waals surface area contributed by atoms with E-state index in [1.165, 1.54) is 5.57 Å². The van der Waals surface area contributed by atoms with Gasteiger partial charge in [-0.15, -0.1) is 0 Å². The van der Waals surface area contributed by atoms with Crippen LogP contribution in [0, 0.1) is 10.8 Å². The van der Waals surface area contributed by atoms with Gasteiger partial charge in [-0.1, -0.05) is 75.8 Å². The van der Waals surface area contributed by atoms with Crippen LogP contribution >= 0.6 is 0 Å². The van der Waals surface area contributed by atoms with Crippen molar-refractivity contribution in [1.82, 2.24) is 14.5 Å². The number of amides is 1. The maximum atomic E-state index is 14.3. The van der Waals surface area contributed by atoms with Gasteiger partial charge < -0.3 is 19.7 Å². The van der Waals surface area contributed by atoms with Crippen molar-refractivity contribution in [3.05, 3.63) is 107 Å². The molecule has 0 radical (unpaired) electrons. The summed E-state index contributed by atoms with van der Waals surface area (Å²) in [5.74, 6) is -1.37. The molecule has 0 spiro atoms. The number of hydrogen-bond donors (Lipinski definition) is 2. The third-order valence-electron chi connectivity index (χ3n) is 9.38. The fourth-order valence-corrected chi connectivity index (χ4v) is 7.31. The molecule has 45 heavy (non-hydrogen) atoms. The Hall–Kier alpha value is -4.98. The first-order chi connectivity index (χ1) is 21.4. The summed E-state index contributed by atoms with van der Waals surface area (Å²) >= 11 is 0. The van der Waals surface area contributed by atoms with Gasteiger partial charge in [-0.05, 0) is 60.4 Å². The van der Waals surface area contributed by atoms with E-state index in [0.29, 0.717) is 36.5 Å². The first-order valence-corrected chi connectivity index (χ1v) is 15.3. The van der Waals surface area contributed by atoms with Crippen molar-refractivity contribution in [3.63, 3.8) is 0 Å². The molecule has 2 N–H and O–H groups in total. The SMILES string of the molecule is CCCn1c(-c2ccccc2C(=O)N2CC=C3C(C)(C)C(c4ccc(C(=O)O)cc4)=CC[C@]3(C)C2)nc2cc(C(=O)O)ccc21. The van der Waals surface area contributed by atoms with Gasteiger partial charge in [0.05, 0.1) is 27.7 Å². The number of aromatic nitrogens is 2. The molecule has 8 nitrogen and oxygen atoms in total. The van der Waals surface area contributed by atoms with Crippen LogP contribution in [-0.2, 0) is 6.54 Å². The zero-order valence-corrected chi connectivity index (χ0v) is 26.0. The third-order valence-corrected chi connectivity index (χ3v) is 9.38. The van der Waals surface area contributed by atoms with Gasteiger partial charge in [0, 0.05) is 36.0 Å². The molecular formula is C37H37N3O5. The monoisotopic (exact) mass is 603 g/mol. The zero-order valence-electron chi connectivity index (χ0n) is 26.0. The molecule has 0 saturated carbocycles. The molecule has 0 fully saturated rings. The molecule has 6 rings (SSSR count). The minimum atomic E-state index is -1.01. The van der Waals surface area contributed by atoms with Gasteiger partial charge in [-0.25, -0.2) is 14.6 Å². The lowest BCUT2D eigenvalue weighted by Crippen LogP contribution is -2.48. The molecule has 8 heteroatoms. The standard InChI is InChI=1S/C37H37N3O5/c1-5-19-40-30-15-14-25(35(44)45)21-29(30)38-32(40)26-8-6-7-9-27(26)33(41)39-20-17-31-36(2,3)28(16-18-37(31,4)22-39)23-10-12-24(13-11-23)34(42)43/h6-17,21H,5,18-20,22H2,1-4H3,(H,42,43)(H,44,45)/t37-/m1/s1. The van der Waals surface area contributed by atoms with Crippen molar-refractivity contribution in [2.75, 3.05) is 13.1 Å². The highest BCUT2D eigenvalue weighted by atomic mass is 16.4. The summed E-state index contributed by atoms with van der Waals surface area (Å²) < 4.78 is 2.07. The number of imidazole rings is 1. The highest BCUT2D eigenvalue weighted by Crippen LogP contribution is 2.55. The Labute approximate surface area is 262 Å². The average molecular weight is 604 g/mol. The zero-order chi connectivity index (χ0) is 32.1. The second-order valence-corrected chi connectivity index (χ2v) is 12.8. The second-order valence-electron chi connectivity index (χ2n) is 12.8. The number of fused-ring (bicyclic) bond motifs is 2. The maximum absolute atomic E-state index is 14.3. The first kappa shape index (κ1) is 30.1. The predicted molar refractivity (Wildman–Crippen MR) is 174 cm³/mol. The highest BCUT2D eigenvalue weighted by molar-refractivity contribution is 6.01. The maximum Gasteiger partial charge on any atom is 0.335 e. The topological polar surface area (TPSA) is 113 Å². The molecule has 1 aliphatic carbocycles. The van der Waals surface area contributed by atoms with Gasteiger partial charge in [0.25, 0.3) is 5.91 Å². The quantitative estimate of drug-likeness (QED) is 0.213. The van der Waals surface area contributed by atoms with Crippen LogP contribution in [0.5, 0.6) is 0 Å². The van der Waals surface area contributed by atoms with Crippen molar-refractivity contribution < 1.29 is 24.6 Å². The normalized spacial score (nSPS) is 19.1. The number of nitrogens with zero attached hydrogens (tertiary/aromatic N) is 3. The van der Waals surface area contributed by atoms with Crippen molar-refractivity contribution >= 4 is 34.5 Å². The Balaban J connectivity index is 1.33. The largest absolute Gasteiger partial charge is 0.478 e. The predicted octanol–water partition coefficient (Wildman–Crippen LogP) is 7.41. The highest BCUT2D eigenvalue weighted by Gasteiger charge is 2.46. The van der Waals surface area contributed by atoms with Gasteiger partial charge in [0.2, 0.25) is 0 Å². The van der Waals surface area contributed by atoms with E-state index >= 15 is 0 Å². The fourth-order valence-electron chi connectivity index (χ4n) is 7.31. The Kier molecular flexibility index (Phi) is 7.47. The number of carboxylic acids is 2. The van der Waals surface area contributed by atoms with Gasteiger partial charge in [0.15, 0.2) is 0 Å². The molecule has 2 heterocycles. The van der Waals surface area contributed by atoms with Gasteiger partial charge in [-0.2, -0.15) is 0 Å². The number of carbonyl (C=O) groups excluding carboxylic acids is 1. The summed E-state index contributed by atoms with van der Waals surface area (Å²) in [6, 6.07) is 19.6. The van der Waals surface area contributed by atoms with Gasteiger partial charge in [0.1, 0.15) is 5.82 Å². The van der Waals surface area contributed by atoms with E-state index in [-0.39, 0.29) is 27.9 Å². The summed E-state index contributed by atoms with van der Waals surface area (Å²) in [6.07, 6.45) is 6.04.